The molecule has 10 heteroatoms. The van der Waals surface area contributed by atoms with Crippen LogP contribution in [-0.2, 0) is 28.5 Å². The van der Waals surface area contributed by atoms with Crippen LogP contribution in [0.15, 0.2) is 36.5 Å². The molecule has 10 nitrogen and oxygen atoms in total. The van der Waals surface area contributed by atoms with Gasteiger partial charge in [-0.1, -0.05) is 159 Å². The predicted molar refractivity (Wildman–Crippen MR) is 238 cm³/mol. The predicted octanol–water partition coefficient (Wildman–Crippen LogP) is 10.7. The molecular formula is C49H88O10. The average molecular weight is 837 g/mol. The Morgan fingerprint density at radius 3 is 1.46 bits per heavy atom. The zero-order chi connectivity index (χ0) is 43.0. The molecule has 6 atom stereocenters. The van der Waals surface area contributed by atoms with Crippen LogP contribution in [0.3, 0.4) is 0 Å². The molecule has 1 aliphatic rings. The third kappa shape index (κ3) is 31.4. The number of carbonyl (C=O) groups excluding carboxylic acids is 2. The summed E-state index contributed by atoms with van der Waals surface area (Å²) in [6.45, 7) is 3.39. The largest absolute Gasteiger partial charge is 0.462 e. The molecule has 0 radical (unpaired) electrons. The summed E-state index contributed by atoms with van der Waals surface area (Å²) in [7, 11) is 0. The lowest BCUT2D eigenvalue weighted by molar-refractivity contribution is -0.305. The number of carbonyl (C=O) groups is 2. The molecule has 1 saturated heterocycles. The second-order valence-corrected chi connectivity index (χ2v) is 16.6. The molecule has 0 aromatic heterocycles. The summed E-state index contributed by atoms with van der Waals surface area (Å²) in [6, 6.07) is 0. The maximum Gasteiger partial charge on any atom is 0.306 e. The van der Waals surface area contributed by atoms with Crippen molar-refractivity contribution < 1.29 is 49.0 Å². The first-order valence-electron chi connectivity index (χ1n) is 24.1. The lowest BCUT2D eigenvalue weighted by atomic mass is 9.99. The summed E-state index contributed by atoms with van der Waals surface area (Å²) in [4.78, 5) is 25.4. The standard InChI is InChI=1S/C49H88O10/c1-3-5-7-9-11-13-15-17-19-21-23-25-27-29-31-33-35-37-44(51)56-40-42(41-57-49-48(55)47(54)46(53)43(39-50)59-49)58-45(52)38-36-34-32-30-28-26-24-22-20-18-16-14-12-10-8-6-4-2/h11,13,17-20,42-43,46-50,53-55H,3-10,12,14-16,21-41H2,1-2H3/b13-11+,19-17+,20-18+/t42-,43-,46+,47?,48?,49-/m0/s1. The summed E-state index contributed by atoms with van der Waals surface area (Å²) in [5, 5.41) is 40.1. The summed E-state index contributed by atoms with van der Waals surface area (Å²) in [5.74, 6) is -0.816. The quantitative estimate of drug-likeness (QED) is 0.0267. The van der Waals surface area contributed by atoms with E-state index in [1.54, 1.807) is 0 Å². The highest BCUT2D eigenvalue weighted by Gasteiger charge is 2.44. The van der Waals surface area contributed by atoms with Crippen LogP contribution in [0.2, 0.25) is 0 Å². The van der Waals surface area contributed by atoms with Crippen LogP contribution >= 0.6 is 0 Å². The van der Waals surface area contributed by atoms with Crippen LogP contribution in [0.5, 0.6) is 0 Å². The number of allylic oxidation sites excluding steroid dienone is 6. The van der Waals surface area contributed by atoms with Gasteiger partial charge >= 0.3 is 11.9 Å². The Bertz CT molecular complexity index is 1060. The normalized spacial score (nSPS) is 20.3. The molecule has 1 heterocycles. The van der Waals surface area contributed by atoms with Crippen molar-refractivity contribution in [3.05, 3.63) is 36.5 Å². The first kappa shape index (κ1) is 54.9. The van der Waals surface area contributed by atoms with Gasteiger partial charge in [0.25, 0.3) is 0 Å². The fourth-order valence-electron chi connectivity index (χ4n) is 7.15. The fraction of sp³-hybridized carbons (Fsp3) is 0.837. The molecule has 1 aliphatic heterocycles. The van der Waals surface area contributed by atoms with E-state index in [-0.39, 0.29) is 32.0 Å². The minimum atomic E-state index is -1.60. The van der Waals surface area contributed by atoms with Gasteiger partial charge in [0.05, 0.1) is 13.2 Å². The second-order valence-electron chi connectivity index (χ2n) is 16.6. The molecule has 0 amide bonds. The van der Waals surface area contributed by atoms with Gasteiger partial charge < -0.3 is 39.4 Å². The van der Waals surface area contributed by atoms with Crippen molar-refractivity contribution in [2.24, 2.45) is 0 Å². The summed E-state index contributed by atoms with van der Waals surface area (Å²) >= 11 is 0. The van der Waals surface area contributed by atoms with Crippen LogP contribution in [0, 0.1) is 0 Å². The first-order chi connectivity index (χ1) is 28.8. The van der Waals surface area contributed by atoms with Gasteiger partial charge in [-0.3, -0.25) is 9.59 Å². The summed E-state index contributed by atoms with van der Waals surface area (Å²) in [5.41, 5.74) is 0. The fourth-order valence-corrected chi connectivity index (χ4v) is 7.15. The van der Waals surface area contributed by atoms with Gasteiger partial charge in [0, 0.05) is 12.8 Å². The van der Waals surface area contributed by atoms with Gasteiger partial charge in [0.15, 0.2) is 12.4 Å². The molecule has 1 rings (SSSR count). The molecule has 2 unspecified atom stereocenters. The Labute approximate surface area is 359 Å². The van der Waals surface area contributed by atoms with Crippen molar-refractivity contribution in [3.8, 4) is 0 Å². The van der Waals surface area contributed by atoms with E-state index >= 15 is 0 Å². The van der Waals surface area contributed by atoms with E-state index in [0.717, 1.165) is 64.2 Å². The number of unbranched alkanes of at least 4 members (excludes halogenated alkanes) is 23. The van der Waals surface area contributed by atoms with Crippen molar-refractivity contribution in [3.63, 3.8) is 0 Å². The van der Waals surface area contributed by atoms with Gasteiger partial charge in [0.2, 0.25) is 0 Å². The van der Waals surface area contributed by atoms with Crippen molar-refractivity contribution in [2.75, 3.05) is 19.8 Å². The zero-order valence-electron chi connectivity index (χ0n) is 37.5. The minimum Gasteiger partial charge on any atom is -0.462 e. The van der Waals surface area contributed by atoms with Crippen molar-refractivity contribution >= 4 is 11.9 Å². The monoisotopic (exact) mass is 837 g/mol. The van der Waals surface area contributed by atoms with Gasteiger partial charge in [-0.15, -0.1) is 0 Å². The first-order valence-corrected chi connectivity index (χ1v) is 24.1. The Kier molecular flexibility index (Phi) is 37.3. The summed E-state index contributed by atoms with van der Waals surface area (Å²) < 4.78 is 22.2. The molecule has 0 spiro atoms. The smallest absolute Gasteiger partial charge is 0.306 e. The zero-order valence-corrected chi connectivity index (χ0v) is 37.5. The molecule has 344 valence electrons. The van der Waals surface area contributed by atoms with Crippen LogP contribution in [-0.4, -0.2) is 89.0 Å². The number of rotatable bonds is 40. The highest BCUT2D eigenvalue weighted by Crippen LogP contribution is 2.23. The molecule has 0 saturated carbocycles. The SMILES string of the molecule is CCCCC/C=C/C/C=C/CCCCCCCCCC(=O)OC[C@@H](CO[C@H]1O[C@@H](CO)[C@@H](O)C(O)C1O)OC(=O)CCCCCCCCC/C=C/CCCCCCCC. The van der Waals surface area contributed by atoms with Gasteiger partial charge in [-0.25, -0.2) is 0 Å². The highest BCUT2D eigenvalue weighted by atomic mass is 16.7. The lowest BCUT2D eigenvalue weighted by Crippen LogP contribution is -2.59. The number of aliphatic hydroxyl groups excluding tert-OH is 4. The van der Waals surface area contributed by atoms with E-state index < -0.39 is 49.4 Å². The van der Waals surface area contributed by atoms with Gasteiger partial charge in [0.1, 0.15) is 31.0 Å². The molecular weight excluding hydrogens is 749 g/mol. The van der Waals surface area contributed by atoms with Gasteiger partial charge in [-0.2, -0.15) is 0 Å². The van der Waals surface area contributed by atoms with E-state index in [9.17, 15) is 30.0 Å². The maximum atomic E-state index is 12.8. The summed E-state index contributed by atoms with van der Waals surface area (Å²) in [6.07, 6.45) is 38.5. The van der Waals surface area contributed by atoms with Crippen LogP contribution in [0.25, 0.3) is 0 Å². The highest BCUT2D eigenvalue weighted by molar-refractivity contribution is 5.70. The Balaban J connectivity index is 2.31. The number of esters is 2. The van der Waals surface area contributed by atoms with E-state index in [0.29, 0.717) is 6.42 Å². The number of hydrogen-bond donors (Lipinski definition) is 4. The topological polar surface area (TPSA) is 152 Å². The Morgan fingerprint density at radius 1 is 0.525 bits per heavy atom. The van der Waals surface area contributed by atoms with Crippen molar-refractivity contribution in [2.45, 2.75) is 243 Å². The molecule has 4 N–H and O–H groups in total. The number of aliphatic hydroxyl groups is 4. The van der Waals surface area contributed by atoms with E-state index in [2.05, 4.69) is 50.3 Å². The molecule has 0 aromatic carbocycles. The third-order valence-electron chi connectivity index (χ3n) is 11.0. The molecule has 0 bridgehead atoms. The van der Waals surface area contributed by atoms with E-state index in [1.165, 1.54) is 109 Å². The van der Waals surface area contributed by atoms with Crippen LogP contribution in [0.4, 0.5) is 0 Å². The molecule has 59 heavy (non-hydrogen) atoms. The molecule has 1 fully saturated rings. The second kappa shape index (κ2) is 40.0. The van der Waals surface area contributed by atoms with Crippen LogP contribution < -0.4 is 0 Å². The van der Waals surface area contributed by atoms with E-state index in [1.807, 2.05) is 0 Å². The van der Waals surface area contributed by atoms with Gasteiger partial charge in [-0.05, 0) is 70.6 Å². The molecule has 0 aliphatic carbocycles. The number of ether oxygens (including phenoxy) is 4. The molecule has 0 aromatic rings. The van der Waals surface area contributed by atoms with Crippen molar-refractivity contribution in [1.82, 2.24) is 0 Å². The lowest BCUT2D eigenvalue weighted by Gasteiger charge is -2.39. The average Bonchev–Trinajstić information content (AvgIpc) is 3.23. The van der Waals surface area contributed by atoms with Crippen molar-refractivity contribution in [1.29, 1.82) is 0 Å². The Morgan fingerprint density at radius 2 is 0.949 bits per heavy atom. The number of hydrogen-bond acceptors (Lipinski definition) is 10. The maximum absolute atomic E-state index is 12.8. The Hall–Kier alpha value is -2.08. The van der Waals surface area contributed by atoms with Crippen LogP contribution in [0.1, 0.15) is 206 Å². The minimum absolute atomic E-state index is 0.222. The van der Waals surface area contributed by atoms with E-state index in [4.69, 9.17) is 18.9 Å². The third-order valence-corrected chi connectivity index (χ3v) is 11.0.